The number of hydrogen-bond donors (Lipinski definition) is 1. The first kappa shape index (κ1) is 14.3. The van der Waals surface area contributed by atoms with Crippen molar-refractivity contribution >= 4 is 17.5 Å². The SMILES string of the molecule is C=CCNC(=C)CCCSCCC(C)=O. The lowest BCUT2D eigenvalue weighted by Gasteiger charge is -2.06. The number of Topliss-reactive ketones (excluding diaryl/α,β-unsaturated/α-hetero) is 1. The van der Waals surface area contributed by atoms with Crippen LogP contribution in [0.1, 0.15) is 26.2 Å². The lowest BCUT2D eigenvalue weighted by molar-refractivity contribution is -0.116. The summed E-state index contributed by atoms with van der Waals surface area (Å²) in [5.74, 6) is 2.32. The highest BCUT2D eigenvalue weighted by atomic mass is 32.2. The number of allylic oxidation sites excluding steroid dienone is 1. The molecule has 0 amide bonds. The highest BCUT2D eigenvalue weighted by Gasteiger charge is 1.95. The molecule has 0 aliphatic heterocycles. The number of thioether (sulfide) groups is 1. The second-order valence-corrected chi connectivity index (χ2v) is 4.67. The van der Waals surface area contributed by atoms with E-state index in [9.17, 15) is 4.79 Å². The summed E-state index contributed by atoms with van der Waals surface area (Å²) in [7, 11) is 0. The van der Waals surface area contributed by atoms with Crippen LogP contribution in [0.25, 0.3) is 0 Å². The molecule has 0 saturated heterocycles. The number of nitrogens with one attached hydrogen (secondary N) is 1. The average Bonchev–Trinajstić information content (AvgIpc) is 2.19. The van der Waals surface area contributed by atoms with Gasteiger partial charge in [0.15, 0.2) is 0 Å². The average molecular weight is 227 g/mol. The van der Waals surface area contributed by atoms with Crippen LogP contribution in [0.5, 0.6) is 0 Å². The summed E-state index contributed by atoms with van der Waals surface area (Å²) < 4.78 is 0. The van der Waals surface area contributed by atoms with E-state index in [0.29, 0.717) is 6.42 Å². The van der Waals surface area contributed by atoms with Gasteiger partial charge in [-0.25, -0.2) is 0 Å². The molecule has 0 aromatic carbocycles. The van der Waals surface area contributed by atoms with Gasteiger partial charge in [-0.15, -0.1) is 6.58 Å². The van der Waals surface area contributed by atoms with Crippen LogP contribution in [0.3, 0.4) is 0 Å². The van der Waals surface area contributed by atoms with Crippen molar-refractivity contribution in [2.75, 3.05) is 18.1 Å². The largest absolute Gasteiger partial charge is 0.385 e. The molecule has 2 nitrogen and oxygen atoms in total. The first-order valence-corrected chi connectivity index (χ1v) is 6.42. The molecule has 1 N–H and O–H groups in total. The van der Waals surface area contributed by atoms with Gasteiger partial charge in [-0.1, -0.05) is 12.7 Å². The van der Waals surface area contributed by atoms with Crippen molar-refractivity contribution < 1.29 is 4.79 Å². The Kier molecular flexibility index (Phi) is 9.38. The number of hydrogen-bond acceptors (Lipinski definition) is 3. The van der Waals surface area contributed by atoms with E-state index in [4.69, 9.17) is 0 Å². The van der Waals surface area contributed by atoms with Crippen LogP contribution < -0.4 is 5.32 Å². The Bertz CT molecular complexity index is 214. The fourth-order valence-corrected chi connectivity index (χ4v) is 1.99. The molecule has 0 unspecified atom stereocenters. The van der Waals surface area contributed by atoms with E-state index in [1.807, 2.05) is 17.8 Å². The molecule has 0 radical (unpaired) electrons. The van der Waals surface area contributed by atoms with Gasteiger partial charge >= 0.3 is 0 Å². The zero-order valence-electron chi connectivity index (χ0n) is 9.55. The van der Waals surface area contributed by atoms with Crippen molar-refractivity contribution in [2.24, 2.45) is 0 Å². The smallest absolute Gasteiger partial charge is 0.130 e. The maximum atomic E-state index is 10.7. The van der Waals surface area contributed by atoms with Crippen molar-refractivity contribution in [1.82, 2.24) is 5.32 Å². The van der Waals surface area contributed by atoms with E-state index in [1.54, 1.807) is 6.92 Å². The Morgan fingerprint density at radius 2 is 2.13 bits per heavy atom. The first-order valence-electron chi connectivity index (χ1n) is 5.26. The molecule has 0 heterocycles. The molecule has 0 aliphatic rings. The summed E-state index contributed by atoms with van der Waals surface area (Å²) in [5.41, 5.74) is 1.07. The molecule has 0 atom stereocenters. The fraction of sp³-hybridized carbons (Fsp3) is 0.583. The normalized spacial score (nSPS) is 9.67. The molecular weight excluding hydrogens is 206 g/mol. The second-order valence-electron chi connectivity index (χ2n) is 3.44. The summed E-state index contributed by atoms with van der Waals surface area (Å²) in [6.07, 6.45) is 4.64. The molecule has 0 aliphatic carbocycles. The summed E-state index contributed by atoms with van der Waals surface area (Å²) in [4.78, 5) is 10.7. The zero-order valence-corrected chi connectivity index (χ0v) is 10.4. The molecule has 0 aromatic heterocycles. The van der Waals surface area contributed by atoms with Crippen LogP contribution in [-0.2, 0) is 4.79 Å². The maximum absolute atomic E-state index is 10.7. The molecule has 86 valence electrons. The van der Waals surface area contributed by atoms with Gasteiger partial charge in [0.2, 0.25) is 0 Å². The standard InChI is InChI=1S/C12H21NOS/c1-4-8-13-11(2)6-5-9-15-10-7-12(3)14/h4,13H,1-2,5-10H2,3H3. The van der Waals surface area contributed by atoms with Gasteiger partial charge in [-0.2, -0.15) is 11.8 Å². The van der Waals surface area contributed by atoms with E-state index in [0.717, 1.165) is 36.6 Å². The third-order valence-corrected chi connectivity index (χ3v) is 2.93. The Morgan fingerprint density at radius 3 is 2.73 bits per heavy atom. The molecule has 0 rings (SSSR count). The van der Waals surface area contributed by atoms with E-state index < -0.39 is 0 Å². The molecule has 0 saturated carbocycles. The topological polar surface area (TPSA) is 29.1 Å². The van der Waals surface area contributed by atoms with Crippen molar-refractivity contribution in [1.29, 1.82) is 0 Å². The lowest BCUT2D eigenvalue weighted by atomic mass is 10.3. The van der Waals surface area contributed by atoms with Crippen molar-refractivity contribution in [3.63, 3.8) is 0 Å². The van der Waals surface area contributed by atoms with Gasteiger partial charge in [0.1, 0.15) is 5.78 Å². The van der Waals surface area contributed by atoms with Crippen LogP contribution in [0.15, 0.2) is 24.9 Å². The predicted molar refractivity (Wildman–Crippen MR) is 69.2 cm³/mol. The maximum Gasteiger partial charge on any atom is 0.130 e. The minimum absolute atomic E-state index is 0.277. The minimum Gasteiger partial charge on any atom is -0.385 e. The minimum atomic E-state index is 0.277. The highest BCUT2D eigenvalue weighted by molar-refractivity contribution is 7.99. The van der Waals surface area contributed by atoms with E-state index in [2.05, 4.69) is 18.5 Å². The fourth-order valence-electron chi connectivity index (χ4n) is 1.01. The van der Waals surface area contributed by atoms with Crippen LogP contribution in [0.2, 0.25) is 0 Å². The van der Waals surface area contributed by atoms with Gasteiger partial charge in [-0.3, -0.25) is 4.79 Å². The molecular formula is C12H21NOS. The lowest BCUT2D eigenvalue weighted by Crippen LogP contribution is -2.11. The molecule has 0 fully saturated rings. The molecule has 0 bridgehead atoms. The van der Waals surface area contributed by atoms with Crippen molar-refractivity contribution in [2.45, 2.75) is 26.2 Å². The molecule has 3 heteroatoms. The van der Waals surface area contributed by atoms with Gasteiger partial charge in [0, 0.05) is 24.4 Å². The van der Waals surface area contributed by atoms with E-state index in [1.165, 1.54) is 0 Å². The monoisotopic (exact) mass is 227 g/mol. The first-order chi connectivity index (χ1) is 7.16. The predicted octanol–water partition coefficient (Wildman–Crippen LogP) is 2.77. The van der Waals surface area contributed by atoms with E-state index >= 15 is 0 Å². The van der Waals surface area contributed by atoms with Crippen molar-refractivity contribution in [3.05, 3.63) is 24.9 Å². The third kappa shape index (κ3) is 11.2. The summed E-state index contributed by atoms with van der Waals surface area (Å²) in [6, 6.07) is 0. The van der Waals surface area contributed by atoms with Gasteiger partial charge in [-0.05, 0) is 25.5 Å². The van der Waals surface area contributed by atoms with Crippen LogP contribution in [0, 0.1) is 0 Å². The Morgan fingerprint density at radius 1 is 1.40 bits per heavy atom. The second kappa shape index (κ2) is 9.84. The van der Waals surface area contributed by atoms with Crippen LogP contribution >= 0.6 is 11.8 Å². The highest BCUT2D eigenvalue weighted by Crippen LogP contribution is 2.08. The number of carbonyl (C=O) groups is 1. The van der Waals surface area contributed by atoms with Crippen LogP contribution in [0.4, 0.5) is 0 Å². The zero-order chi connectivity index (χ0) is 11.5. The number of ketones is 1. The van der Waals surface area contributed by atoms with E-state index in [-0.39, 0.29) is 5.78 Å². The third-order valence-electron chi connectivity index (χ3n) is 1.86. The Hall–Kier alpha value is -0.700. The number of rotatable bonds is 10. The number of carbonyl (C=O) groups excluding carboxylic acids is 1. The van der Waals surface area contributed by atoms with Crippen LogP contribution in [-0.4, -0.2) is 23.8 Å². The van der Waals surface area contributed by atoms with Gasteiger partial charge < -0.3 is 5.32 Å². The molecule has 0 spiro atoms. The Labute approximate surface area is 97.2 Å². The quantitative estimate of drug-likeness (QED) is 0.459. The summed E-state index contributed by atoms with van der Waals surface area (Å²) in [6.45, 7) is 9.97. The molecule has 15 heavy (non-hydrogen) atoms. The molecule has 0 aromatic rings. The van der Waals surface area contributed by atoms with Gasteiger partial charge in [0.25, 0.3) is 0 Å². The summed E-state index contributed by atoms with van der Waals surface area (Å²) >= 11 is 1.84. The summed E-state index contributed by atoms with van der Waals surface area (Å²) in [5, 5.41) is 3.17. The Balaban J connectivity index is 3.19. The van der Waals surface area contributed by atoms with Gasteiger partial charge in [0.05, 0.1) is 0 Å². The van der Waals surface area contributed by atoms with Crippen molar-refractivity contribution in [3.8, 4) is 0 Å².